The molecule has 0 unspecified atom stereocenters. The first-order valence-electron chi connectivity index (χ1n) is 6.27. The molecule has 0 saturated heterocycles. The topological polar surface area (TPSA) is 29.3 Å². The zero-order chi connectivity index (χ0) is 11.4. The van der Waals surface area contributed by atoms with Crippen molar-refractivity contribution in [3.63, 3.8) is 0 Å². The predicted molar refractivity (Wildman–Crippen MR) is 69.4 cm³/mol. The van der Waals surface area contributed by atoms with Crippen molar-refractivity contribution in [2.24, 2.45) is 5.92 Å². The van der Waals surface area contributed by atoms with Crippen molar-refractivity contribution < 1.29 is 0 Å². The Morgan fingerprint density at radius 3 is 2.56 bits per heavy atom. The summed E-state index contributed by atoms with van der Waals surface area (Å²) >= 11 is 0. The molecule has 2 rings (SSSR count). The quantitative estimate of drug-likeness (QED) is 0.743. The van der Waals surface area contributed by atoms with Crippen molar-refractivity contribution in [2.75, 3.05) is 25.9 Å². The zero-order valence-electron chi connectivity index (χ0n) is 10.2. The highest BCUT2D eigenvalue weighted by Gasteiger charge is 2.22. The second kappa shape index (κ2) is 5.35. The lowest BCUT2D eigenvalue weighted by Crippen LogP contribution is -2.22. The third-order valence-corrected chi connectivity index (χ3v) is 3.25. The molecule has 1 aromatic rings. The highest BCUT2D eigenvalue weighted by atomic mass is 15.1. The number of nitrogen functional groups attached to an aromatic ring is 1. The van der Waals surface area contributed by atoms with Crippen molar-refractivity contribution in [3.05, 3.63) is 29.8 Å². The molecule has 0 radical (unpaired) electrons. The predicted octanol–water partition coefficient (Wildman–Crippen LogP) is 2.54. The Kier molecular flexibility index (Phi) is 3.83. The fraction of sp³-hybridized carbons (Fsp3) is 0.571. The molecule has 0 spiro atoms. The van der Waals surface area contributed by atoms with E-state index in [0.29, 0.717) is 0 Å². The summed E-state index contributed by atoms with van der Waals surface area (Å²) in [5.41, 5.74) is 7.91. The summed E-state index contributed by atoms with van der Waals surface area (Å²) in [7, 11) is 2.24. The Balaban J connectivity index is 1.64. The standard InChI is InChI=1S/C14H22N2/c1-16(11-13-4-5-13)10-2-3-12-6-8-14(15)9-7-12/h6-9,13H,2-5,10-11,15H2,1H3. The van der Waals surface area contributed by atoms with E-state index >= 15 is 0 Å². The highest BCUT2D eigenvalue weighted by Crippen LogP contribution is 2.29. The van der Waals surface area contributed by atoms with E-state index in [9.17, 15) is 0 Å². The Morgan fingerprint density at radius 1 is 1.25 bits per heavy atom. The number of anilines is 1. The minimum Gasteiger partial charge on any atom is -0.399 e. The van der Waals surface area contributed by atoms with Crippen LogP contribution in [0.25, 0.3) is 0 Å². The van der Waals surface area contributed by atoms with Crippen molar-refractivity contribution >= 4 is 5.69 Å². The number of rotatable bonds is 6. The van der Waals surface area contributed by atoms with Gasteiger partial charge in [-0.2, -0.15) is 0 Å². The van der Waals surface area contributed by atoms with Gasteiger partial charge in [0.25, 0.3) is 0 Å². The monoisotopic (exact) mass is 218 g/mol. The average molecular weight is 218 g/mol. The molecule has 2 heteroatoms. The summed E-state index contributed by atoms with van der Waals surface area (Å²) in [4.78, 5) is 2.47. The van der Waals surface area contributed by atoms with E-state index in [4.69, 9.17) is 5.73 Å². The van der Waals surface area contributed by atoms with E-state index < -0.39 is 0 Å². The number of nitrogens with zero attached hydrogens (tertiary/aromatic N) is 1. The van der Waals surface area contributed by atoms with E-state index in [2.05, 4.69) is 24.1 Å². The summed E-state index contributed by atoms with van der Waals surface area (Å²) < 4.78 is 0. The molecule has 0 atom stereocenters. The normalized spacial score (nSPS) is 15.6. The molecule has 1 aliphatic rings. The number of nitrogens with two attached hydrogens (primary N) is 1. The third kappa shape index (κ3) is 3.86. The Bertz CT molecular complexity index is 314. The molecule has 2 N–H and O–H groups in total. The first kappa shape index (κ1) is 11.5. The number of aryl methyl sites for hydroxylation is 1. The van der Waals surface area contributed by atoms with Crippen LogP contribution in [0, 0.1) is 5.92 Å². The van der Waals surface area contributed by atoms with Gasteiger partial charge in [0.1, 0.15) is 0 Å². The lowest BCUT2D eigenvalue weighted by molar-refractivity contribution is 0.316. The van der Waals surface area contributed by atoms with Crippen LogP contribution in [0.5, 0.6) is 0 Å². The molecular weight excluding hydrogens is 196 g/mol. The summed E-state index contributed by atoms with van der Waals surface area (Å²) in [5.74, 6) is 1.00. The second-order valence-corrected chi connectivity index (χ2v) is 5.05. The average Bonchev–Trinajstić information content (AvgIpc) is 3.05. The summed E-state index contributed by atoms with van der Waals surface area (Å²) in [6.45, 7) is 2.50. The molecule has 0 aliphatic heterocycles. The van der Waals surface area contributed by atoms with Gasteiger partial charge in [-0.05, 0) is 62.9 Å². The Labute approximate surface area is 98.4 Å². The number of benzene rings is 1. The van der Waals surface area contributed by atoms with E-state index in [1.54, 1.807) is 0 Å². The molecule has 1 fully saturated rings. The van der Waals surface area contributed by atoms with Crippen LogP contribution in [0.3, 0.4) is 0 Å². The molecule has 0 aromatic heterocycles. The van der Waals surface area contributed by atoms with Gasteiger partial charge in [0.05, 0.1) is 0 Å². The second-order valence-electron chi connectivity index (χ2n) is 5.05. The van der Waals surface area contributed by atoms with Gasteiger partial charge in [0.2, 0.25) is 0 Å². The minimum absolute atomic E-state index is 0.856. The van der Waals surface area contributed by atoms with Gasteiger partial charge >= 0.3 is 0 Å². The lowest BCUT2D eigenvalue weighted by Gasteiger charge is -2.15. The van der Waals surface area contributed by atoms with E-state index in [1.807, 2.05) is 12.1 Å². The highest BCUT2D eigenvalue weighted by molar-refractivity contribution is 5.39. The molecule has 2 nitrogen and oxygen atoms in total. The Morgan fingerprint density at radius 2 is 1.94 bits per heavy atom. The molecule has 88 valence electrons. The van der Waals surface area contributed by atoms with Crippen LogP contribution in [0.2, 0.25) is 0 Å². The fourth-order valence-corrected chi connectivity index (χ4v) is 2.07. The van der Waals surface area contributed by atoms with Crippen molar-refractivity contribution in [1.82, 2.24) is 4.90 Å². The maximum Gasteiger partial charge on any atom is 0.0314 e. The van der Waals surface area contributed by atoms with Gasteiger partial charge in [0.15, 0.2) is 0 Å². The van der Waals surface area contributed by atoms with Gasteiger partial charge in [-0.1, -0.05) is 12.1 Å². The van der Waals surface area contributed by atoms with Crippen molar-refractivity contribution in [2.45, 2.75) is 25.7 Å². The number of hydrogen-bond donors (Lipinski definition) is 1. The van der Waals surface area contributed by atoms with Gasteiger partial charge in [-0.15, -0.1) is 0 Å². The number of hydrogen-bond acceptors (Lipinski definition) is 2. The molecule has 1 aliphatic carbocycles. The first-order valence-corrected chi connectivity index (χ1v) is 6.27. The van der Waals surface area contributed by atoms with Gasteiger partial charge in [-0.25, -0.2) is 0 Å². The van der Waals surface area contributed by atoms with Crippen LogP contribution in [-0.2, 0) is 6.42 Å². The third-order valence-electron chi connectivity index (χ3n) is 3.25. The maximum atomic E-state index is 5.66. The smallest absolute Gasteiger partial charge is 0.0314 e. The summed E-state index contributed by atoms with van der Waals surface area (Å²) in [6, 6.07) is 8.25. The van der Waals surface area contributed by atoms with Crippen LogP contribution in [-0.4, -0.2) is 25.0 Å². The molecule has 0 heterocycles. The van der Waals surface area contributed by atoms with E-state index in [1.165, 1.54) is 37.9 Å². The first-order chi connectivity index (χ1) is 7.74. The Hall–Kier alpha value is -1.02. The maximum absolute atomic E-state index is 5.66. The molecule has 0 bridgehead atoms. The van der Waals surface area contributed by atoms with Crippen molar-refractivity contribution in [3.8, 4) is 0 Å². The molecule has 1 saturated carbocycles. The van der Waals surface area contributed by atoms with Crippen LogP contribution < -0.4 is 5.73 Å². The largest absolute Gasteiger partial charge is 0.399 e. The SMILES string of the molecule is CN(CCCc1ccc(N)cc1)CC1CC1. The van der Waals surface area contributed by atoms with E-state index in [-0.39, 0.29) is 0 Å². The fourth-order valence-electron chi connectivity index (χ4n) is 2.07. The summed E-state index contributed by atoms with van der Waals surface area (Å²) in [5, 5.41) is 0. The van der Waals surface area contributed by atoms with Gasteiger partial charge in [-0.3, -0.25) is 0 Å². The van der Waals surface area contributed by atoms with Crippen LogP contribution >= 0.6 is 0 Å². The van der Waals surface area contributed by atoms with Crippen LogP contribution in [0.15, 0.2) is 24.3 Å². The van der Waals surface area contributed by atoms with Crippen molar-refractivity contribution in [1.29, 1.82) is 0 Å². The van der Waals surface area contributed by atoms with Gasteiger partial charge < -0.3 is 10.6 Å². The summed E-state index contributed by atoms with van der Waals surface area (Å²) in [6.07, 6.45) is 5.30. The minimum atomic E-state index is 0.856. The molecular formula is C14H22N2. The van der Waals surface area contributed by atoms with Crippen LogP contribution in [0.1, 0.15) is 24.8 Å². The lowest BCUT2D eigenvalue weighted by atomic mass is 10.1. The molecule has 16 heavy (non-hydrogen) atoms. The molecule has 0 amide bonds. The molecule has 1 aromatic carbocycles. The van der Waals surface area contributed by atoms with Gasteiger partial charge in [0, 0.05) is 12.2 Å². The van der Waals surface area contributed by atoms with E-state index in [0.717, 1.165) is 18.0 Å². The zero-order valence-corrected chi connectivity index (χ0v) is 10.2. The van der Waals surface area contributed by atoms with Crippen LogP contribution in [0.4, 0.5) is 5.69 Å².